The minimum atomic E-state index is -0.710. The first-order valence-corrected chi connectivity index (χ1v) is 9.08. The van der Waals surface area contributed by atoms with E-state index in [0.717, 1.165) is 11.1 Å². The molecule has 1 heterocycles. The van der Waals surface area contributed by atoms with Crippen LogP contribution in [0.15, 0.2) is 78.9 Å². The van der Waals surface area contributed by atoms with Gasteiger partial charge in [-0.3, -0.25) is 4.79 Å². The van der Waals surface area contributed by atoms with E-state index in [1.807, 2.05) is 72.8 Å². The fourth-order valence-corrected chi connectivity index (χ4v) is 3.17. The molecule has 2 atom stereocenters. The van der Waals surface area contributed by atoms with Crippen molar-refractivity contribution in [3.8, 4) is 11.5 Å². The number of fused-ring (bicyclic) bond motifs is 1. The lowest BCUT2D eigenvalue weighted by Gasteiger charge is -2.28. The summed E-state index contributed by atoms with van der Waals surface area (Å²) in [4.78, 5) is 12.9. The van der Waals surface area contributed by atoms with Gasteiger partial charge in [0.1, 0.15) is 6.61 Å². The van der Waals surface area contributed by atoms with Crippen LogP contribution in [0.3, 0.4) is 0 Å². The van der Waals surface area contributed by atoms with Crippen LogP contribution < -0.4 is 14.8 Å². The van der Waals surface area contributed by atoms with E-state index < -0.39 is 6.10 Å². The molecule has 27 heavy (non-hydrogen) atoms. The molecule has 3 aromatic carbocycles. The second-order valence-corrected chi connectivity index (χ2v) is 6.70. The molecule has 0 unspecified atom stereocenters. The predicted molar refractivity (Wildman–Crippen MR) is 104 cm³/mol. The summed E-state index contributed by atoms with van der Waals surface area (Å²) in [6.07, 6.45) is -0.710. The van der Waals surface area contributed by atoms with Crippen molar-refractivity contribution in [3.05, 3.63) is 95.0 Å². The number of hydrogen-bond donors (Lipinski definition) is 1. The third kappa shape index (κ3) is 3.91. The number of rotatable bonds is 4. The van der Waals surface area contributed by atoms with Crippen molar-refractivity contribution >= 4 is 17.5 Å². The Bertz CT molecular complexity index is 928. The van der Waals surface area contributed by atoms with Gasteiger partial charge in [-0.25, -0.2) is 0 Å². The molecular weight excluding hydrogens is 362 g/mol. The summed E-state index contributed by atoms with van der Waals surface area (Å²) in [7, 11) is 0. The van der Waals surface area contributed by atoms with Crippen molar-refractivity contribution < 1.29 is 14.3 Å². The lowest BCUT2D eigenvalue weighted by atomic mass is 9.98. The van der Waals surface area contributed by atoms with E-state index in [1.54, 1.807) is 6.07 Å². The molecule has 0 aromatic heterocycles. The minimum Gasteiger partial charge on any atom is -0.485 e. The quantitative estimate of drug-likeness (QED) is 0.731. The highest BCUT2D eigenvalue weighted by molar-refractivity contribution is 6.30. The molecule has 4 rings (SSSR count). The Morgan fingerprint density at radius 2 is 1.52 bits per heavy atom. The van der Waals surface area contributed by atoms with Crippen LogP contribution in [-0.2, 0) is 4.79 Å². The second kappa shape index (κ2) is 7.72. The lowest BCUT2D eigenvalue weighted by molar-refractivity contribution is -0.130. The highest BCUT2D eigenvalue weighted by atomic mass is 35.5. The predicted octanol–water partition coefficient (Wildman–Crippen LogP) is 4.39. The Morgan fingerprint density at radius 1 is 0.889 bits per heavy atom. The molecule has 136 valence electrons. The molecule has 0 saturated heterocycles. The summed E-state index contributed by atoms with van der Waals surface area (Å²) >= 11 is 6.01. The molecule has 1 aliphatic rings. The first kappa shape index (κ1) is 17.4. The van der Waals surface area contributed by atoms with Crippen LogP contribution in [0.5, 0.6) is 11.5 Å². The molecule has 0 fully saturated rings. The molecule has 0 saturated carbocycles. The van der Waals surface area contributed by atoms with E-state index in [1.165, 1.54) is 0 Å². The van der Waals surface area contributed by atoms with Crippen LogP contribution in [0.25, 0.3) is 0 Å². The molecule has 1 aliphatic heterocycles. The standard InChI is InChI=1S/C22H18ClNO3/c23-17-12-10-16(11-13-17)21(15-6-2-1-3-7-15)24-22(25)20-14-26-18-8-4-5-9-19(18)27-20/h1-13,20-21H,14H2,(H,24,25)/t20-,21+/m1/s1. The van der Waals surface area contributed by atoms with Crippen LogP contribution in [0, 0.1) is 0 Å². The SMILES string of the molecule is O=C(N[C@@H](c1ccccc1)c1ccc(Cl)cc1)[C@H]1COc2ccccc2O1. The van der Waals surface area contributed by atoms with Gasteiger partial charge in [-0.05, 0) is 35.4 Å². The van der Waals surface area contributed by atoms with E-state index in [9.17, 15) is 4.79 Å². The van der Waals surface area contributed by atoms with Gasteiger partial charge < -0.3 is 14.8 Å². The van der Waals surface area contributed by atoms with Gasteiger partial charge in [0.25, 0.3) is 5.91 Å². The van der Waals surface area contributed by atoms with Gasteiger partial charge in [-0.1, -0.05) is 66.2 Å². The van der Waals surface area contributed by atoms with Gasteiger partial charge in [-0.2, -0.15) is 0 Å². The van der Waals surface area contributed by atoms with Crippen molar-refractivity contribution in [1.82, 2.24) is 5.32 Å². The Balaban J connectivity index is 1.57. The number of ether oxygens (including phenoxy) is 2. The van der Waals surface area contributed by atoms with E-state index in [0.29, 0.717) is 16.5 Å². The zero-order valence-corrected chi connectivity index (χ0v) is 15.2. The van der Waals surface area contributed by atoms with Crippen molar-refractivity contribution in [2.24, 2.45) is 0 Å². The molecule has 0 aliphatic carbocycles. The third-order valence-corrected chi connectivity index (χ3v) is 4.68. The first-order chi connectivity index (χ1) is 13.2. The fourth-order valence-electron chi connectivity index (χ4n) is 3.04. The van der Waals surface area contributed by atoms with Gasteiger partial charge >= 0.3 is 0 Å². The van der Waals surface area contributed by atoms with Gasteiger partial charge in [0.2, 0.25) is 6.10 Å². The Morgan fingerprint density at radius 3 is 2.26 bits per heavy atom. The average molecular weight is 380 g/mol. The summed E-state index contributed by atoms with van der Waals surface area (Å²) in [6.45, 7) is 0.172. The summed E-state index contributed by atoms with van der Waals surface area (Å²) in [6, 6.07) is 24.3. The Labute approximate surface area is 162 Å². The van der Waals surface area contributed by atoms with Crippen molar-refractivity contribution in [3.63, 3.8) is 0 Å². The monoisotopic (exact) mass is 379 g/mol. The number of amides is 1. The van der Waals surface area contributed by atoms with Gasteiger partial charge in [0.15, 0.2) is 11.5 Å². The van der Waals surface area contributed by atoms with Crippen LogP contribution >= 0.6 is 11.6 Å². The molecule has 0 spiro atoms. The van der Waals surface area contributed by atoms with Crippen molar-refractivity contribution in [1.29, 1.82) is 0 Å². The van der Waals surface area contributed by atoms with Gasteiger partial charge in [-0.15, -0.1) is 0 Å². The molecule has 4 nitrogen and oxygen atoms in total. The maximum atomic E-state index is 12.9. The maximum Gasteiger partial charge on any atom is 0.265 e. The molecule has 3 aromatic rings. The van der Waals surface area contributed by atoms with E-state index in [2.05, 4.69) is 5.32 Å². The van der Waals surface area contributed by atoms with Crippen LogP contribution in [0.1, 0.15) is 17.2 Å². The maximum absolute atomic E-state index is 12.9. The Kier molecular flexibility index (Phi) is 4.99. The number of para-hydroxylation sites is 2. The number of carbonyl (C=O) groups excluding carboxylic acids is 1. The summed E-state index contributed by atoms with van der Waals surface area (Å²) in [5, 5.41) is 3.73. The lowest BCUT2D eigenvalue weighted by Crippen LogP contribution is -2.45. The van der Waals surface area contributed by atoms with E-state index >= 15 is 0 Å². The highest BCUT2D eigenvalue weighted by Gasteiger charge is 2.29. The number of halogens is 1. The smallest absolute Gasteiger partial charge is 0.265 e. The number of hydrogen-bond acceptors (Lipinski definition) is 3. The van der Waals surface area contributed by atoms with Gasteiger partial charge in [0, 0.05) is 5.02 Å². The summed E-state index contributed by atoms with van der Waals surface area (Å²) < 4.78 is 11.5. The number of nitrogens with one attached hydrogen (secondary N) is 1. The normalized spacial score (nSPS) is 16.4. The minimum absolute atomic E-state index is 0.172. The molecule has 1 N–H and O–H groups in total. The van der Waals surface area contributed by atoms with Crippen molar-refractivity contribution in [2.75, 3.05) is 6.61 Å². The fraction of sp³-hybridized carbons (Fsp3) is 0.136. The third-order valence-electron chi connectivity index (χ3n) is 4.42. The zero-order valence-electron chi connectivity index (χ0n) is 14.5. The van der Waals surface area contributed by atoms with Crippen LogP contribution in [0.4, 0.5) is 0 Å². The van der Waals surface area contributed by atoms with Crippen LogP contribution in [-0.4, -0.2) is 18.6 Å². The van der Waals surface area contributed by atoms with Gasteiger partial charge in [0.05, 0.1) is 6.04 Å². The van der Waals surface area contributed by atoms with E-state index in [4.69, 9.17) is 21.1 Å². The highest BCUT2D eigenvalue weighted by Crippen LogP contribution is 2.31. The molecule has 1 amide bonds. The van der Waals surface area contributed by atoms with E-state index in [-0.39, 0.29) is 18.6 Å². The van der Waals surface area contributed by atoms with Crippen molar-refractivity contribution in [2.45, 2.75) is 12.1 Å². The Hall–Kier alpha value is -2.98. The molecule has 0 bridgehead atoms. The topological polar surface area (TPSA) is 47.6 Å². The summed E-state index contributed by atoms with van der Waals surface area (Å²) in [5.74, 6) is 0.999. The average Bonchev–Trinajstić information content (AvgIpc) is 2.73. The summed E-state index contributed by atoms with van der Waals surface area (Å²) in [5.41, 5.74) is 1.92. The first-order valence-electron chi connectivity index (χ1n) is 8.70. The largest absolute Gasteiger partial charge is 0.485 e. The second-order valence-electron chi connectivity index (χ2n) is 6.27. The zero-order chi connectivity index (χ0) is 18.6. The molecule has 0 radical (unpaired) electrons. The molecule has 5 heteroatoms. The molecular formula is C22H18ClNO3. The number of carbonyl (C=O) groups is 1. The van der Waals surface area contributed by atoms with Crippen LogP contribution in [0.2, 0.25) is 5.02 Å². The number of benzene rings is 3.